The summed E-state index contributed by atoms with van der Waals surface area (Å²) in [5.74, 6) is -0.727. The second-order valence-electron chi connectivity index (χ2n) is 7.13. The second-order valence-corrected chi connectivity index (χ2v) is 7.13. The number of nitrogens with zero attached hydrogens (tertiary/aromatic N) is 2. The van der Waals surface area contributed by atoms with Gasteiger partial charge in [0.15, 0.2) is 0 Å². The van der Waals surface area contributed by atoms with E-state index in [1.165, 1.54) is 0 Å². The van der Waals surface area contributed by atoms with Crippen LogP contribution in [0.3, 0.4) is 0 Å². The van der Waals surface area contributed by atoms with Gasteiger partial charge in [0.2, 0.25) is 0 Å². The van der Waals surface area contributed by atoms with E-state index in [4.69, 9.17) is 0 Å². The first-order valence-corrected chi connectivity index (χ1v) is 7.35. The molecular weight excluding hydrogens is 256 g/mol. The number of amides is 2. The van der Waals surface area contributed by atoms with Crippen LogP contribution in [0.25, 0.3) is 0 Å². The number of hydrogen-bond acceptors (Lipinski definition) is 2. The highest BCUT2D eigenvalue weighted by molar-refractivity contribution is 5.77. The molecule has 5 nitrogen and oxygen atoms in total. The number of piperidine rings is 1. The van der Waals surface area contributed by atoms with Crippen LogP contribution in [0.15, 0.2) is 0 Å². The highest BCUT2D eigenvalue weighted by atomic mass is 16.4. The molecule has 0 spiro atoms. The summed E-state index contributed by atoms with van der Waals surface area (Å²) in [6.07, 6.45) is 1.73. The lowest BCUT2D eigenvalue weighted by Gasteiger charge is -2.40. The lowest BCUT2D eigenvalue weighted by molar-refractivity contribution is -0.152. The van der Waals surface area contributed by atoms with E-state index in [1.54, 1.807) is 9.80 Å². The van der Waals surface area contributed by atoms with Crippen LogP contribution in [0.4, 0.5) is 4.79 Å². The van der Waals surface area contributed by atoms with Crippen LogP contribution in [-0.4, -0.2) is 53.6 Å². The van der Waals surface area contributed by atoms with Gasteiger partial charge < -0.3 is 14.9 Å². The monoisotopic (exact) mass is 284 g/mol. The molecule has 5 heteroatoms. The van der Waals surface area contributed by atoms with E-state index < -0.39 is 11.4 Å². The molecule has 1 saturated heterocycles. The van der Waals surface area contributed by atoms with Crippen molar-refractivity contribution in [3.8, 4) is 0 Å². The van der Waals surface area contributed by atoms with Gasteiger partial charge >= 0.3 is 12.0 Å². The smallest absolute Gasteiger partial charge is 0.319 e. The average molecular weight is 284 g/mol. The molecule has 1 heterocycles. The fraction of sp³-hybridized carbons (Fsp3) is 0.867. The fourth-order valence-electron chi connectivity index (χ4n) is 2.87. The summed E-state index contributed by atoms with van der Waals surface area (Å²) in [6, 6.07) is 0.00927. The van der Waals surface area contributed by atoms with Crippen molar-refractivity contribution < 1.29 is 14.7 Å². The zero-order valence-corrected chi connectivity index (χ0v) is 13.4. The van der Waals surface area contributed by atoms with Gasteiger partial charge in [0.05, 0.1) is 5.41 Å². The van der Waals surface area contributed by atoms with Crippen LogP contribution < -0.4 is 0 Å². The molecule has 0 aliphatic carbocycles. The lowest BCUT2D eigenvalue weighted by Crippen LogP contribution is -2.51. The molecule has 0 saturated carbocycles. The molecular formula is C15H28N2O3. The normalized spacial score (nSPS) is 18.8. The number of carboxylic acids is 1. The zero-order chi connectivity index (χ0) is 15.6. The van der Waals surface area contributed by atoms with Crippen LogP contribution >= 0.6 is 0 Å². The van der Waals surface area contributed by atoms with E-state index in [1.807, 2.05) is 14.0 Å². The number of hydrogen-bond donors (Lipinski definition) is 1. The van der Waals surface area contributed by atoms with Crippen molar-refractivity contribution in [3.05, 3.63) is 0 Å². The van der Waals surface area contributed by atoms with E-state index in [0.717, 1.165) is 0 Å². The van der Waals surface area contributed by atoms with Gasteiger partial charge in [-0.3, -0.25) is 4.79 Å². The first kappa shape index (κ1) is 16.8. The summed E-state index contributed by atoms with van der Waals surface area (Å²) in [5, 5.41) is 9.36. The Bertz CT molecular complexity index is 366. The minimum absolute atomic E-state index is 0.00927. The minimum atomic E-state index is -0.727. The molecule has 116 valence electrons. The Morgan fingerprint density at radius 1 is 1.25 bits per heavy atom. The molecule has 0 atom stereocenters. The topological polar surface area (TPSA) is 60.9 Å². The number of likely N-dealkylation sites (tertiary alicyclic amines) is 1. The Labute approximate surface area is 121 Å². The van der Waals surface area contributed by atoms with Gasteiger partial charge in [0.25, 0.3) is 0 Å². The molecule has 1 rings (SSSR count). The largest absolute Gasteiger partial charge is 0.481 e. The van der Waals surface area contributed by atoms with Crippen LogP contribution in [-0.2, 0) is 4.79 Å². The number of urea groups is 1. The van der Waals surface area contributed by atoms with Crippen molar-refractivity contribution in [3.63, 3.8) is 0 Å². The van der Waals surface area contributed by atoms with Gasteiger partial charge in [-0.15, -0.1) is 0 Å². The van der Waals surface area contributed by atoms with Crippen molar-refractivity contribution in [1.82, 2.24) is 9.80 Å². The quantitative estimate of drug-likeness (QED) is 0.866. The molecule has 0 aromatic carbocycles. The maximum atomic E-state index is 12.3. The third-order valence-corrected chi connectivity index (χ3v) is 4.16. The Balaban J connectivity index is 2.61. The van der Waals surface area contributed by atoms with Crippen LogP contribution in [0.2, 0.25) is 0 Å². The molecule has 0 unspecified atom stereocenters. The SMILES string of the molecule is CCC1(C(=O)O)CCN(C(=O)N(C)CC(C)(C)C)CC1. The zero-order valence-electron chi connectivity index (χ0n) is 13.4. The number of carbonyl (C=O) groups excluding carboxylic acids is 1. The molecule has 1 aliphatic rings. The predicted octanol–water partition coefficient (Wildman–Crippen LogP) is 2.66. The molecule has 20 heavy (non-hydrogen) atoms. The van der Waals surface area contributed by atoms with Crippen molar-refractivity contribution in [1.29, 1.82) is 0 Å². The van der Waals surface area contributed by atoms with E-state index in [-0.39, 0.29) is 11.4 Å². The van der Waals surface area contributed by atoms with Crippen LogP contribution in [0.1, 0.15) is 47.0 Å². The summed E-state index contributed by atoms with van der Waals surface area (Å²) in [7, 11) is 1.81. The summed E-state index contributed by atoms with van der Waals surface area (Å²) in [5.41, 5.74) is -0.576. The minimum Gasteiger partial charge on any atom is -0.481 e. The van der Waals surface area contributed by atoms with Gasteiger partial charge in [-0.25, -0.2) is 4.79 Å². The molecule has 1 aliphatic heterocycles. The van der Waals surface area contributed by atoms with Crippen LogP contribution in [0, 0.1) is 10.8 Å². The molecule has 0 radical (unpaired) electrons. The molecule has 0 bridgehead atoms. The van der Waals surface area contributed by atoms with Gasteiger partial charge in [0.1, 0.15) is 0 Å². The molecule has 1 N–H and O–H groups in total. The third kappa shape index (κ3) is 3.87. The predicted molar refractivity (Wildman–Crippen MR) is 78.6 cm³/mol. The first-order valence-electron chi connectivity index (χ1n) is 7.35. The third-order valence-electron chi connectivity index (χ3n) is 4.16. The molecule has 0 aromatic rings. The van der Waals surface area contributed by atoms with Crippen molar-refractivity contribution in [2.75, 3.05) is 26.7 Å². The first-order chi connectivity index (χ1) is 9.11. The fourth-order valence-corrected chi connectivity index (χ4v) is 2.87. The van der Waals surface area contributed by atoms with Gasteiger partial charge in [-0.1, -0.05) is 27.7 Å². The van der Waals surface area contributed by atoms with Gasteiger partial charge in [-0.05, 0) is 24.7 Å². The number of carboxylic acid groups (broad SMARTS) is 1. The molecule has 0 aromatic heterocycles. The summed E-state index contributed by atoms with van der Waals surface area (Å²) < 4.78 is 0. The summed E-state index contributed by atoms with van der Waals surface area (Å²) >= 11 is 0. The lowest BCUT2D eigenvalue weighted by atomic mass is 9.76. The van der Waals surface area contributed by atoms with Gasteiger partial charge in [0, 0.05) is 26.7 Å². The van der Waals surface area contributed by atoms with E-state index in [0.29, 0.717) is 38.9 Å². The number of carbonyl (C=O) groups is 2. The highest BCUT2D eigenvalue weighted by Gasteiger charge is 2.41. The van der Waals surface area contributed by atoms with E-state index >= 15 is 0 Å². The Morgan fingerprint density at radius 2 is 1.75 bits per heavy atom. The van der Waals surface area contributed by atoms with Gasteiger partial charge in [-0.2, -0.15) is 0 Å². The summed E-state index contributed by atoms with van der Waals surface area (Å²) in [6.45, 7) is 9.97. The summed E-state index contributed by atoms with van der Waals surface area (Å²) in [4.78, 5) is 27.3. The highest BCUT2D eigenvalue weighted by Crippen LogP contribution is 2.35. The number of aliphatic carboxylic acids is 1. The Morgan fingerprint density at radius 3 is 2.10 bits per heavy atom. The maximum absolute atomic E-state index is 12.3. The van der Waals surface area contributed by atoms with Crippen molar-refractivity contribution in [2.24, 2.45) is 10.8 Å². The van der Waals surface area contributed by atoms with Crippen LogP contribution in [0.5, 0.6) is 0 Å². The Kier molecular flexibility index (Phi) is 5.05. The Hall–Kier alpha value is -1.26. The van der Waals surface area contributed by atoms with Crippen molar-refractivity contribution in [2.45, 2.75) is 47.0 Å². The second kappa shape index (κ2) is 6.02. The van der Waals surface area contributed by atoms with E-state index in [9.17, 15) is 14.7 Å². The molecule has 1 fully saturated rings. The van der Waals surface area contributed by atoms with E-state index in [2.05, 4.69) is 20.8 Å². The standard InChI is InChI=1S/C15H28N2O3/c1-6-15(12(18)19)7-9-17(10-8-15)13(20)16(5)11-14(2,3)4/h6-11H2,1-5H3,(H,18,19). The number of rotatable bonds is 3. The maximum Gasteiger partial charge on any atom is 0.319 e. The molecule has 2 amide bonds. The average Bonchev–Trinajstić information content (AvgIpc) is 2.35. The van der Waals surface area contributed by atoms with Crippen molar-refractivity contribution >= 4 is 12.0 Å².